The van der Waals surface area contributed by atoms with E-state index in [1.807, 2.05) is 22.7 Å². The molecular formula is C25H23FN4O3. The number of fused-ring (bicyclic) bond motifs is 1. The Morgan fingerprint density at radius 3 is 2.55 bits per heavy atom. The van der Waals surface area contributed by atoms with Crippen molar-refractivity contribution in [1.29, 1.82) is 0 Å². The average molecular weight is 446 g/mol. The minimum Gasteiger partial charge on any atom is -0.481 e. The van der Waals surface area contributed by atoms with Crippen LogP contribution in [0, 0.1) is 11.7 Å². The number of carboxylic acids is 1. The lowest BCUT2D eigenvalue weighted by Crippen LogP contribution is -2.21. The van der Waals surface area contributed by atoms with E-state index < -0.39 is 5.97 Å². The molecule has 3 N–H and O–H groups in total. The number of halogens is 1. The lowest BCUT2D eigenvalue weighted by Gasteiger charge is -2.25. The lowest BCUT2D eigenvalue weighted by atomic mass is 9.81. The van der Waals surface area contributed by atoms with Gasteiger partial charge >= 0.3 is 5.97 Å². The summed E-state index contributed by atoms with van der Waals surface area (Å²) in [5.74, 6) is 1.03. The number of anilines is 1. The maximum Gasteiger partial charge on any atom is 0.306 e. The molecule has 0 atom stereocenters. The zero-order chi connectivity index (χ0) is 22.9. The van der Waals surface area contributed by atoms with Gasteiger partial charge in [-0.3, -0.25) is 9.20 Å². The van der Waals surface area contributed by atoms with Crippen molar-refractivity contribution in [2.45, 2.75) is 31.6 Å². The van der Waals surface area contributed by atoms with Crippen LogP contribution in [-0.2, 0) is 4.79 Å². The number of aromatic nitrogens is 3. The summed E-state index contributed by atoms with van der Waals surface area (Å²) in [6.07, 6.45) is 6.29. The molecule has 1 fully saturated rings. The van der Waals surface area contributed by atoms with Gasteiger partial charge < -0.3 is 15.6 Å². The number of ether oxygens (including phenoxy) is 1. The molecule has 2 aromatic heterocycles. The molecule has 1 aliphatic rings. The Labute approximate surface area is 189 Å². The van der Waals surface area contributed by atoms with E-state index >= 15 is 0 Å². The van der Waals surface area contributed by atoms with Gasteiger partial charge in [-0.1, -0.05) is 6.07 Å². The summed E-state index contributed by atoms with van der Waals surface area (Å²) in [6.45, 7) is 0. The van der Waals surface area contributed by atoms with Gasteiger partial charge in [-0.05, 0) is 62.1 Å². The number of imidazole rings is 1. The van der Waals surface area contributed by atoms with Crippen LogP contribution in [0.5, 0.6) is 11.5 Å². The van der Waals surface area contributed by atoms with Crippen molar-refractivity contribution in [3.05, 3.63) is 72.6 Å². The Bertz CT molecular complexity index is 1310. The van der Waals surface area contributed by atoms with E-state index in [2.05, 4.69) is 4.98 Å². The van der Waals surface area contributed by atoms with Crippen LogP contribution in [-0.4, -0.2) is 25.4 Å². The fourth-order valence-corrected chi connectivity index (χ4v) is 4.52. The Balaban J connectivity index is 1.46. The van der Waals surface area contributed by atoms with Crippen LogP contribution in [0.1, 0.15) is 37.4 Å². The number of carboxylic acid groups (broad SMARTS) is 1. The molecule has 7 nitrogen and oxygen atoms in total. The normalized spacial score (nSPS) is 18.3. The molecule has 0 spiro atoms. The van der Waals surface area contributed by atoms with Crippen LogP contribution in [0.25, 0.3) is 16.8 Å². The van der Waals surface area contributed by atoms with E-state index in [1.165, 1.54) is 12.1 Å². The Hall–Kier alpha value is -3.94. The van der Waals surface area contributed by atoms with Crippen molar-refractivity contribution in [3.8, 4) is 22.8 Å². The summed E-state index contributed by atoms with van der Waals surface area (Å²) in [4.78, 5) is 20.5. The number of benzene rings is 2. The van der Waals surface area contributed by atoms with E-state index in [4.69, 9.17) is 15.5 Å². The predicted molar refractivity (Wildman–Crippen MR) is 122 cm³/mol. The molecule has 5 rings (SSSR count). The van der Waals surface area contributed by atoms with Gasteiger partial charge in [0.15, 0.2) is 0 Å². The fraction of sp³-hybridized carbons (Fsp3) is 0.240. The van der Waals surface area contributed by atoms with Gasteiger partial charge in [0.2, 0.25) is 0 Å². The van der Waals surface area contributed by atoms with Crippen molar-refractivity contribution in [1.82, 2.24) is 14.4 Å². The predicted octanol–water partition coefficient (Wildman–Crippen LogP) is 5.27. The zero-order valence-corrected chi connectivity index (χ0v) is 17.8. The largest absolute Gasteiger partial charge is 0.481 e. The molecule has 0 amide bonds. The summed E-state index contributed by atoms with van der Waals surface area (Å²) >= 11 is 0. The quantitative estimate of drug-likeness (QED) is 0.433. The second kappa shape index (κ2) is 8.54. The van der Waals surface area contributed by atoms with Crippen LogP contribution in [0.3, 0.4) is 0 Å². The van der Waals surface area contributed by atoms with Crippen molar-refractivity contribution in [3.63, 3.8) is 0 Å². The first-order chi connectivity index (χ1) is 16.0. The van der Waals surface area contributed by atoms with Gasteiger partial charge in [0, 0.05) is 29.9 Å². The molecule has 0 saturated heterocycles. The summed E-state index contributed by atoms with van der Waals surface area (Å²) in [6, 6.07) is 13.3. The SMILES string of the molecule is Nc1nccn2c(C3CCC(C(=O)O)CC3)nc(-c3ccc(Oc4cccc(F)c4)cc3)c12. The first-order valence-electron chi connectivity index (χ1n) is 10.9. The minimum absolute atomic E-state index is 0.152. The molecule has 4 aromatic rings. The highest BCUT2D eigenvalue weighted by atomic mass is 19.1. The van der Waals surface area contributed by atoms with Crippen LogP contribution in [0.2, 0.25) is 0 Å². The van der Waals surface area contributed by atoms with E-state index in [-0.39, 0.29) is 17.7 Å². The maximum atomic E-state index is 13.4. The molecule has 0 aliphatic heterocycles. The number of carbonyl (C=O) groups is 1. The van der Waals surface area contributed by atoms with E-state index in [1.54, 1.807) is 30.5 Å². The zero-order valence-electron chi connectivity index (χ0n) is 17.8. The first kappa shape index (κ1) is 20.9. The van der Waals surface area contributed by atoms with Gasteiger partial charge in [0.05, 0.1) is 5.92 Å². The molecule has 168 valence electrons. The Kier molecular flexibility index (Phi) is 5.42. The first-order valence-corrected chi connectivity index (χ1v) is 10.9. The highest BCUT2D eigenvalue weighted by Crippen LogP contribution is 2.39. The van der Waals surface area contributed by atoms with E-state index in [0.717, 1.165) is 29.7 Å². The minimum atomic E-state index is -0.726. The molecule has 2 heterocycles. The lowest BCUT2D eigenvalue weighted by molar-refractivity contribution is -0.142. The van der Waals surface area contributed by atoms with Crippen LogP contribution in [0.4, 0.5) is 10.2 Å². The third kappa shape index (κ3) is 4.11. The van der Waals surface area contributed by atoms with Crippen LogP contribution in [0.15, 0.2) is 60.9 Å². The van der Waals surface area contributed by atoms with Crippen molar-refractivity contribution in [2.24, 2.45) is 5.92 Å². The molecule has 0 radical (unpaired) electrons. The smallest absolute Gasteiger partial charge is 0.306 e. The Morgan fingerprint density at radius 1 is 1.09 bits per heavy atom. The van der Waals surface area contributed by atoms with Gasteiger partial charge in [-0.15, -0.1) is 0 Å². The number of nitrogens with two attached hydrogens (primary N) is 1. The number of rotatable bonds is 5. The van der Waals surface area contributed by atoms with Gasteiger partial charge in [-0.25, -0.2) is 14.4 Å². The second-order valence-electron chi connectivity index (χ2n) is 8.32. The van der Waals surface area contributed by atoms with E-state index in [9.17, 15) is 14.3 Å². The topological polar surface area (TPSA) is 103 Å². The molecule has 1 saturated carbocycles. The van der Waals surface area contributed by atoms with Crippen molar-refractivity contribution >= 4 is 17.3 Å². The molecular weight excluding hydrogens is 423 g/mol. The van der Waals surface area contributed by atoms with Gasteiger partial charge in [0.25, 0.3) is 0 Å². The number of nitrogen functional groups attached to an aromatic ring is 1. The monoisotopic (exact) mass is 446 g/mol. The summed E-state index contributed by atoms with van der Waals surface area (Å²) in [7, 11) is 0. The highest BCUT2D eigenvalue weighted by Gasteiger charge is 2.30. The second-order valence-corrected chi connectivity index (χ2v) is 8.32. The third-order valence-electron chi connectivity index (χ3n) is 6.21. The van der Waals surface area contributed by atoms with Crippen LogP contribution >= 0.6 is 0 Å². The molecule has 0 unspecified atom stereocenters. The highest BCUT2D eigenvalue weighted by molar-refractivity contribution is 5.85. The number of aliphatic carboxylic acids is 1. The van der Waals surface area contributed by atoms with Crippen molar-refractivity contribution < 1.29 is 19.0 Å². The Morgan fingerprint density at radius 2 is 1.85 bits per heavy atom. The summed E-state index contributed by atoms with van der Waals surface area (Å²) in [5.41, 5.74) is 8.53. The molecule has 1 aliphatic carbocycles. The van der Waals surface area contributed by atoms with E-state index in [0.29, 0.717) is 35.9 Å². The van der Waals surface area contributed by atoms with Gasteiger partial charge in [0.1, 0.15) is 40.2 Å². The summed E-state index contributed by atoms with van der Waals surface area (Å²) in [5, 5.41) is 9.31. The summed E-state index contributed by atoms with van der Waals surface area (Å²) < 4.78 is 21.1. The average Bonchev–Trinajstić information content (AvgIpc) is 3.21. The molecule has 33 heavy (non-hydrogen) atoms. The third-order valence-corrected chi connectivity index (χ3v) is 6.21. The number of hydrogen-bond acceptors (Lipinski definition) is 5. The molecule has 0 bridgehead atoms. The molecule has 2 aromatic carbocycles. The fourth-order valence-electron chi connectivity index (χ4n) is 4.52. The maximum absolute atomic E-state index is 13.4. The van der Waals surface area contributed by atoms with Gasteiger partial charge in [-0.2, -0.15) is 0 Å². The van der Waals surface area contributed by atoms with Crippen molar-refractivity contribution in [2.75, 3.05) is 5.73 Å². The number of hydrogen-bond donors (Lipinski definition) is 2. The number of nitrogens with zero attached hydrogens (tertiary/aromatic N) is 3. The standard InChI is InChI=1S/C25H23FN4O3/c26-18-2-1-3-20(14-18)33-19-10-8-15(9-11-19)21-22-23(27)28-12-13-30(22)24(29-21)16-4-6-17(7-5-16)25(31)32/h1-3,8-14,16-17H,4-7H2,(H2,27,28)(H,31,32). The van der Waals surface area contributed by atoms with Crippen LogP contribution < -0.4 is 10.5 Å². The molecule has 8 heteroatoms.